The van der Waals surface area contributed by atoms with Gasteiger partial charge >= 0.3 is 8.80 Å². The molecule has 2 saturated carbocycles. The molecule has 0 N–H and O–H groups in total. The number of unbranched alkanes of at least 4 members (excludes halogenated alkanes) is 3. The van der Waals surface area contributed by atoms with E-state index >= 15 is 0 Å². The van der Waals surface area contributed by atoms with E-state index in [9.17, 15) is 14.4 Å². The van der Waals surface area contributed by atoms with Crippen LogP contribution in [0.15, 0.2) is 0 Å². The summed E-state index contributed by atoms with van der Waals surface area (Å²) in [5, 5.41) is 0. The van der Waals surface area contributed by atoms with Gasteiger partial charge in [-0.05, 0) is 62.7 Å². The van der Waals surface area contributed by atoms with E-state index in [0.29, 0.717) is 13.0 Å². The predicted molar refractivity (Wildman–Crippen MR) is 136 cm³/mol. The van der Waals surface area contributed by atoms with Gasteiger partial charge in [0.2, 0.25) is 0 Å². The molecule has 0 radical (unpaired) electrons. The fourth-order valence-electron chi connectivity index (χ4n) is 5.95. The minimum absolute atomic E-state index is 0.169. The van der Waals surface area contributed by atoms with Gasteiger partial charge in [0.1, 0.15) is 0 Å². The molecule has 8 heteroatoms. The highest BCUT2D eigenvalue weighted by molar-refractivity contribution is 6.65. The van der Waals surface area contributed by atoms with Crippen LogP contribution in [0.25, 0.3) is 0 Å². The normalized spacial score (nSPS) is 25.0. The molecule has 0 aliphatic heterocycles. The monoisotopic (exact) mass is 512 g/mol. The van der Waals surface area contributed by atoms with Gasteiger partial charge in [-0.1, -0.05) is 51.9 Å². The molecule has 7 nitrogen and oxygen atoms in total. The van der Waals surface area contributed by atoms with Crippen LogP contribution in [-0.2, 0) is 32.4 Å². The molecule has 0 heterocycles. The van der Waals surface area contributed by atoms with Gasteiger partial charge < -0.3 is 18.0 Å². The zero-order valence-corrected chi connectivity index (χ0v) is 23.5. The molecule has 202 valence electrons. The Hall–Kier alpha value is -1.41. The van der Waals surface area contributed by atoms with Crippen molar-refractivity contribution in [2.75, 3.05) is 6.61 Å². The third-order valence-electron chi connectivity index (χ3n) is 7.62. The van der Waals surface area contributed by atoms with Gasteiger partial charge in [0.15, 0.2) is 0 Å². The van der Waals surface area contributed by atoms with Crippen LogP contribution in [0.3, 0.4) is 0 Å². The predicted octanol–water partition coefficient (Wildman–Crippen LogP) is 6.36. The molecule has 0 spiro atoms. The summed E-state index contributed by atoms with van der Waals surface area (Å²) in [4.78, 5) is 34.7. The van der Waals surface area contributed by atoms with Crippen molar-refractivity contribution in [3.8, 4) is 0 Å². The molecule has 35 heavy (non-hydrogen) atoms. The lowest BCUT2D eigenvalue weighted by molar-refractivity contribution is -0.147. The molecular weight excluding hydrogens is 464 g/mol. The molecule has 2 fully saturated rings. The Morgan fingerprint density at radius 1 is 0.686 bits per heavy atom. The van der Waals surface area contributed by atoms with Crippen LogP contribution in [0.2, 0.25) is 6.04 Å². The van der Waals surface area contributed by atoms with Gasteiger partial charge in [0.05, 0.1) is 12.1 Å². The van der Waals surface area contributed by atoms with Crippen molar-refractivity contribution in [3.63, 3.8) is 0 Å². The molecule has 2 aliphatic carbocycles. The molecule has 0 unspecified atom stereocenters. The summed E-state index contributed by atoms with van der Waals surface area (Å²) >= 11 is 0. The molecular formula is C27H48O7Si. The first kappa shape index (κ1) is 29.8. The van der Waals surface area contributed by atoms with Crippen molar-refractivity contribution < 1.29 is 32.4 Å². The first-order chi connectivity index (χ1) is 16.7. The summed E-state index contributed by atoms with van der Waals surface area (Å²) in [5.74, 6) is 0.791. The van der Waals surface area contributed by atoms with E-state index in [0.717, 1.165) is 30.6 Å². The smallest absolute Gasteiger partial charge is 0.455 e. The van der Waals surface area contributed by atoms with Crippen molar-refractivity contribution >= 4 is 26.7 Å². The fourth-order valence-corrected chi connectivity index (χ4v) is 8.27. The molecule has 2 aliphatic rings. The van der Waals surface area contributed by atoms with Gasteiger partial charge in [-0.3, -0.25) is 14.4 Å². The van der Waals surface area contributed by atoms with Crippen molar-refractivity contribution in [2.45, 2.75) is 130 Å². The summed E-state index contributed by atoms with van der Waals surface area (Å²) in [6, 6.07) is 0.169. The lowest BCUT2D eigenvalue weighted by atomic mass is 9.70. The Kier molecular flexibility index (Phi) is 13.3. The van der Waals surface area contributed by atoms with Gasteiger partial charge in [-0.2, -0.15) is 0 Å². The van der Waals surface area contributed by atoms with Gasteiger partial charge in [0, 0.05) is 27.4 Å². The quantitative estimate of drug-likeness (QED) is 0.198. The SMILES string of the molecule is CCCCCC[C@H]1CC[C@H]([C@H]2CC[C@H](OCCC[Si](OC(C)=O)(OC(C)=O)OC(C)=O)CC2)CC1. The van der Waals surface area contributed by atoms with E-state index in [1.165, 1.54) is 91.4 Å². The third-order valence-corrected chi connectivity index (χ3v) is 10.4. The number of hydrogen-bond donors (Lipinski definition) is 0. The second-order valence-electron chi connectivity index (χ2n) is 10.6. The summed E-state index contributed by atoms with van der Waals surface area (Å²) in [6.45, 7) is 6.37. The maximum Gasteiger partial charge on any atom is 0.705 e. The Morgan fingerprint density at radius 2 is 1.20 bits per heavy atom. The second kappa shape index (κ2) is 15.6. The second-order valence-corrected chi connectivity index (χ2v) is 13.1. The highest BCUT2D eigenvalue weighted by Crippen LogP contribution is 2.41. The Labute approximate surface area is 213 Å². The first-order valence-corrected chi connectivity index (χ1v) is 15.9. The molecule has 0 aromatic rings. The van der Waals surface area contributed by atoms with Crippen LogP contribution in [0.1, 0.15) is 118 Å². The van der Waals surface area contributed by atoms with Crippen LogP contribution in [-0.4, -0.2) is 39.4 Å². The van der Waals surface area contributed by atoms with Crippen molar-refractivity contribution in [2.24, 2.45) is 17.8 Å². The van der Waals surface area contributed by atoms with Crippen molar-refractivity contribution in [1.82, 2.24) is 0 Å². The van der Waals surface area contributed by atoms with Crippen LogP contribution in [0, 0.1) is 17.8 Å². The summed E-state index contributed by atoms with van der Waals surface area (Å²) in [6.07, 6.45) is 18.0. The van der Waals surface area contributed by atoms with Crippen LogP contribution < -0.4 is 0 Å². The average molecular weight is 513 g/mol. The largest absolute Gasteiger partial charge is 0.705 e. The minimum atomic E-state index is -3.75. The standard InChI is InChI=1S/C27H48O7Si/c1-5-6-7-8-10-24-11-13-25(14-12-24)26-15-17-27(18-16-26)31-19-9-20-35(32-21(2)28,33-22(3)29)34-23(4)30/h24-27H,5-20H2,1-4H3/t24-,25-,26-,27-. The number of hydrogen-bond acceptors (Lipinski definition) is 7. The highest BCUT2D eigenvalue weighted by atomic mass is 28.4. The van der Waals surface area contributed by atoms with E-state index in [1.54, 1.807) is 0 Å². The van der Waals surface area contributed by atoms with Crippen LogP contribution in [0.4, 0.5) is 0 Å². The maximum absolute atomic E-state index is 11.6. The third kappa shape index (κ3) is 11.5. The van der Waals surface area contributed by atoms with Gasteiger partial charge in [-0.15, -0.1) is 0 Å². The molecule has 0 aromatic carbocycles. The van der Waals surface area contributed by atoms with Crippen molar-refractivity contribution in [3.05, 3.63) is 0 Å². The van der Waals surface area contributed by atoms with E-state index < -0.39 is 26.7 Å². The molecule has 2 rings (SSSR count). The molecule has 0 amide bonds. The lowest BCUT2D eigenvalue weighted by Crippen LogP contribution is -2.49. The van der Waals surface area contributed by atoms with Crippen LogP contribution in [0.5, 0.6) is 0 Å². The summed E-state index contributed by atoms with van der Waals surface area (Å²) < 4.78 is 21.8. The average Bonchev–Trinajstić information content (AvgIpc) is 2.79. The topological polar surface area (TPSA) is 88.1 Å². The van der Waals surface area contributed by atoms with E-state index in [2.05, 4.69) is 6.92 Å². The van der Waals surface area contributed by atoms with Crippen molar-refractivity contribution in [1.29, 1.82) is 0 Å². The minimum Gasteiger partial charge on any atom is -0.455 e. The Bertz CT molecular complexity index is 611. The maximum atomic E-state index is 11.6. The van der Waals surface area contributed by atoms with Gasteiger partial charge in [-0.25, -0.2) is 0 Å². The zero-order chi connectivity index (χ0) is 25.7. The Balaban J connectivity index is 1.68. The molecule has 0 saturated heterocycles. The molecule has 0 atom stereocenters. The first-order valence-electron chi connectivity index (χ1n) is 13.9. The highest BCUT2D eigenvalue weighted by Gasteiger charge is 2.51. The van der Waals surface area contributed by atoms with E-state index in [-0.39, 0.29) is 12.1 Å². The molecule has 0 bridgehead atoms. The summed E-state index contributed by atoms with van der Waals surface area (Å²) in [7, 11) is -3.75. The van der Waals surface area contributed by atoms with Gasteiger partial charge in [0.25, 0.3) is 17.9 Å². The number of rotatable bonds is 14. The Morgan fingerprint density at radius 3 is 1.69 bits per heavy atom. The van der Waals surface area contributed by atoms with E-state index in [1.807, 2.05) is 0 Å². The number of carbonyl (C=O) groups is 3. The lowest BCUT2D eigenvalue weighted by Gasteiger charge is -2.38. The summed E-state index contributed by atoms with van der Waals surface area (Å²) in [5.41, 5.74) is 0. The fraction of sp³-hybridized carbons (Fsp3) is 0.889. The van der Waals surface area contributed by atoms with E-state index in [4.69, 9.17) is 18.0 Å². The molecule has 0 aromatic heterocycles. The number of ether oxygens (including phenoxy) is 1. The zero-order valence-electron chi connectivity index (χ0n) is 22.5. The van der Waals surface area contributed by atoms with Crippen LogP contribution >= 0.6 is 0 Å². The number of carbonyl (C=O) groups excluding carboxylic acids is 3.